The van der Waals surface area contributed by atoms with Crippen LogP contribution in [0.25, 0.3) is 0 Å². The lowest BCUT2D eigenvalue weighted by molar-refractivity contribution is -0.148. The topological polar surface area (TPSA) is 87.0 Å². The van der Waals surface area contributed by atoms with E-state index in [9.17, 15) is 20.1 Å². The van der Waals surface area contributed by atoms with Gasteiger partial charge in [0.1, 0.15) is 17.6 Å². The average molecular weight is 346 g/mol. The van der Waals surface area contributed by atoms with Crippen LogP contribution >= 0.6 is 0 Å². The van der Waals surface area contributed by atoms with Gasteiger partial charge in [-0.05, 0) is 35.8 Å². The molecule has 3 aliphatic rings. The lowest BCUT2D eigenvalue weighted by atomic mass is 9.49. The number of fused-ring (bicyclic) bond motifs is 1. The van der Waals surface area contributed by atoms with Gasteiger partial charge in [0.15, 0.2) is 11.5 Å². The third-order valence-electron chi connectivity index (χ3n) is 6.73. The predicted molar refractivity (Wildman–Crippen MR) is 91.5 cm³/mol. The van der Waals surface area contributed by atoms with Gasteiger partial charge in [0.05, 0.1) is 0 Å². The number of ether oxygens (including phenoxy) is 1. The summed E-state index contributed by atoms with van der Waals surface area (Å²) >= 11 is 0. The van der Waals surface area contributed by atoms with E-state index in [0.717, 1.165) is 12.8 Å². The molecule has 0 aromatic heterocycles. The molecule has 2 aliphatic carbocycles. The van der Waals surface area contributed by atoms with Crippen molar-refractivity contribution in [2.24, 2.45) is 11.3 Å². The van der Waals surface area contributed by atoms with E-state index in [-0.39, 0.29) is 34.7 Å². The molecule has 1 saturated carbocycles. The van der Waals surface area contributed by atoms with Crippen molar-refractivity contribution in [1.82, 2.24) is 0 Å². The number of aliphatic hydroxyl groups excluding tert-OH is 1. The number of benzene rings is 1. The Balaban J connectivity index is 2.06. The minimum Gasteiger partial charge on any atom is -0.504 e. The zero-order chi connectivity index (χ0) is 18.3. The molecule has 1 aromatic carbocycles. The van der Waals surface area contributed by atoms with Crippen molar-refractivity contribution in [2.75, 3.05) is 0 Å². The molecular weight excluding hydrogens is 320 g/mol. The Morgan fingerprint density at radius 1 is 1.20 bits per heavy atom. The van der Waals surface area contributed by atoms with Crippen LogP contribution in [0.3, 0.4) is 0 Å². The van der Waals surface area contributed by atoms with E-state index in [4.69, 9.17) is 4.74 Å². The molecule has 0 radical (unpaired) electrons. The highest BCUT2D eigenvalue weighted by molar-refractivity contribution is 5.90. The zero-order valence-corrected chi connectivity index (χ0v) is 15.2. The first-order chi connectivity index (χ1) is 11.6. The maximum atomic E-state index is 13.0. The fourth-order valence-electron chi connectivity index (χ4n) is 5.70. The van der Waals surface area contributed by atoms with Crippen molar-refractivity contribution in [2.45, 2.75) is 70.5 Å². The lowest BCUT2D eigenvalue weighted by Gasteiger charge is -2.51. The summed E-state index contributed by atoms with van der Waals surface area (Å²) in [5.41, 5.74) is 0.319. The SMILES string of the molecule is CC(C)c1cc2c(c(O)c1O)[C@@]13CCCC(C)(C)C1[C@H](OC3=O)[C@H]2O. The van der Waals surface area contributed by atoms with E-state index < -0.39 is 17.6 Å². The van der Waals surface area contributed by atoms with Gasteiger partial charge in [-0.15, -0.1) is 0 Å². The number of carbonyl (C=O) groups is 1. The van der Waals surface area contributed by atoms with Crippen LogP contribution in [0.2, 0.25) is 0 Å². The summed E-state index contributed by atoms with van der Waals surface area (Å²) in [5.74, 6) is -1.05. The number of phenolic OH excluding ortho intramolecular Hbond substituents is 2. The Hall–Kier alpha value is -1.75. The van der Waals surface area contributed by atoms with Crippen molar-refractivity contribution in [3.05, 3.63) is 22.8 Å². The minimum absolute atomic E-state index is 0.0179. The third-order valence-corrected chi connectivity index (χ3v) is 6.73. The zero-order valence-electron chi connectivity index (χ0n) is 15.2. The number of hydrogen-bond donors (Lipinski definition) is 3. The molecule has 1 aromatic rings. The molecular formula is C20H26O5. The number of hydrogen-bond acceptors (Lipinski definition) is 5. The summed E-state index contributed by atoms with van der Waals surface area (Å²) in [6.45, 7) is 8.02. The van der Waals surface area contributed by atoms with Crippen LogP contribution in [0.4, 0.5) is 0 Å². The van der Waals surface area contributed by atoms with Crippen molar-refractivity contribution >= 4 is 5.97 Å². The maximum absolute atomic E-state index is 13.0. The van der Waals surface area contributed by atoms with E-state index >= 15 is 0 Å². The van der Waals surface area contributed by atoms with Crippen LogP contribution in [0.15, 0.2) is 6.07 Å². The Morgan fingerprint density at radius 2 is 1.88 bits per heavy atom. The van der Waals surface area contributed by atoms with Gasteiger partial charge in [0.25, 0.3) is 0 Å². The van der Waals surface area contributed by atoms with E-state index in [1.165, 1.54) is 0 Å². The number of carbonyl (C=O) groups excluding carboxylic acids is 1. The molecule has 25 heavy (non-hydrogen) atoms. The molecule has 1 aliphatic heterocycles. The molecule has 4 atom stereocenters. The van der Waals surface area contributed by atoms with Gasteiger partial charge < -0.3 is 20.1 Å². The van der Waals surface area contributed by atoms with E-state index in [0.29, 0.717) is 23.1 Å². The molecule has 1 saturated heterocycles. The van der Waals surface area contributed by atoms with Gasteiger partial charge in [-0.25, -0.2) is 0 Å². The van der Waals surface area contributed by atoms with Crippen molar-refractivity contribution in [3.8, 4) is 11.5 Å². The van der Waals surface area contributed by atoms with Crippen LogP contribution in [-0.4, -0.2) is 27.4 Å². The smallest absolute Gasteiger partial charge is 0.317 e. The molecule has 0 amide bonds. The van der Waals surface area contributed by atoms with E-state index in [1.54, 1.807) is 6.07 Å². The summed E-state index contributed by atoms with van der Waals surface area (Å²) in [5, 5.41) is 32.4. The second-order valence-corrected chi connectivity index (χ2v) is 8.89. The summed E-state index contributed by atoms with van der Waals surface area (Å²) in [4.78, 5) is 13.0. The Morgan fingerprint density at radius 3 is 2.52 bits per heavy atom. The van der Waals surface area contributed by atoms with Gasteiger partial charge in [0.2, 0.25) is 0 Å². The van der Waals surface area contributed by atoms with Crippen LogP contribution in [0, 0.1) is 11.3 Å². The van der Waals surface area contributed by atoms with Crippen LogP contribution in [-0.2, 0) is 14.9 Å². The largest absolute Gasteiger partial charge is 0.504 e. The highest BCUT2D eigenvalue weighted by Crippen LogP contribution is 2.66. The second-order valence-electron chi connectivity index (χ2n) is 8.89. The fraction of sp³-hybridized carbons (Fsp3) is 0.650. The number of esters is 1. The molecule has 1 heterocycles. The normalized spacial score (nSPS) is 35.3. The molecule has 5 heteroatoms. The second kappa shape index (κ2) is 4.91. The van der Waals surface area contributed by atoms with Crippen molar-refractivity contribution in [3.63, 3.8) is 0 Å². The summed E-state index contributed by atoms with van der Waals surface area (Å²) in [7, 11) is 0. The third kappa shape index (κ3) is 1.85. The number of aliphatic hydroxyl groups is 1. The molecule has 3 N–H and O–H groups in total. The summed E-state index contributed by atoms with van der Waals surface area (Å²) in [6.07, 6.45) is 0.767. The van der Waals surface area contributed by atoms with Crippen molar-refractivity contribution < 1.29 is 24.9 Å². The molecule has 0 spiro atoms. The first kappa shape index (κ1) is 16.7. The highest BCUT2D eigenvalue weighted by Gasteiger charge is 2.70. The molecule has 5 nitrogen and oxygen atoms in total. The first-order valence-corrected chi connectivity index (χ1v) is 9.11. The predicted octanol–water partition coefficient (Wildman–Crippen LogP) is 3.26. The molecule has 2 fully saturated rings. The van der Waals surface area contributed by atoms with E-state index in [2.05, 4.69) is 13.8 Å². The summed E-state index contributed by atoms with van der Waals surface area (Å²) < 4.78 is 5.67. The van der Waals surface area contributed by atoms with Crippen molar-refractivity contribution in [1.29, 1.82) is 0 Å². The standard InChI is InChI=1S/C20H26O5/c1-9(2)10-8-11-12(15(23)13(10)21)20-7-5-6-19(3,4)17(20)16(14(11)22)25-18(20)24/h8-9,14,16-17,21-23H,5-7H2,1-4H3/t14-,16+,17?,20-/m0/s1. The van der Waals surface area contributed by atoms with Gasteiger partial charge >= 0.3 is 5.97 Å². The first-order valence-electron chi connectivity index (χ1n) is 9.11. The minimum atomic E-state index is -0.985. The van der Waals surface area contributed by atoms with E-state index in [1.807, 2.05) is 13.8 Å². The summed E-state index contributed by atoms with van der Waals surface area (Å²) in [6, 6.07) is 1.74. The van der Waals surface area contributed by atoms with Crippen LogP contribution < -0.4 is 0 Å². The highest BCUT2D eigenvalue weighted by atomic mass is 16.6. The number of rotatable bonds is 1. The Kier molecular flexibility index (Phi) is 3.28. The van der Waals surface area contributed by atoms with Crippen LogP contribution in [0.5, 0.6) is 11.5 Å². The van der Waals surface area contributed by atoms with Gasteiger partial charge in [-0.1, -0.05) is 34.1 Å². The molecule has 136 valence electrons. The lowest BCUT2D eigenvalue weighted by Crippen LogP contribution is -2.54. The van der Waals surface area contributed by atoms with Gasteiger partial charge in [0, 0.05) is 17.0 Å². The Labute approximate surface area is 147 Å². The Bertz CT molecular complexity index is 766. The molecule has 2 bridgehead atoms. The monoisotopic (exact) mass is 346 g/mol. The number of aromatic hydroxyl groups is 2. The molecule has 1 unspecified atom stereocenters. The molecule has 4 rings (SSSR count). The fourth-order valence-corrected chi connectivity index (χ4v) is 5.70. The van der Waals surface area contributed by atoms with Gasteiger partial charge in [-0.2, -0.15) is 0 Å². The van der Waals surface area contributed by atoms with Gasteiger partial charge in [-0.3, -0.25) is 4.79 Å². The van der Waals surface area contributed by atoms with Crippen LogP contribution in [0.1, 0.15) is 75.7 Å². The quantitative estimate of drug-likeness (QED) is 0.537. The maximum Gasteiger partial charge on any atom is 0.317 e. The average Bonchev–Trinajstić information content (AvgIpc) is 2.79. The number of phenols is 2.